The second-order valence-corrected chi connectivity index (χ2v) is 11.7. The zero-order valence-electron chi connectivity index (χ0n) is 24.6. The Morgan fingerprint density at radius 2 is 1.50 bits per heavy atom. The van der Waals surface area contributed by atoms with Gasteiger partial charge in [0.25, 0.3) is 0 Å². The first-order chi connectivity index (χ1) is 19.9. The second-order valence-electron chi connectivity index (χ2n) is 11.7. The normalized spacial score (nSPS) is 16.3. The number of aliphatic hydroxyl groups is 1. The monoisotopic (exact) mass is 736 g/mol. The van der Waals surface area contributed by atoms with Crippen LogP contribution >= 0.6 is 0 Å². The summed E-state index contributed by atoms with van der Waals surface area (Å²) in [5.41, 5.74) is 4.80. The van der Waals surface area contributed by atoms with E-state index in [9.17, 15) is 9.90 Å². The van der Waals surface area contributed by atoms with Crippen molar-refractivity contribution in [3.8, 4) is 11.3 Å². The number of hydrogen-bond donors (Lipinski definition) is 1. The van der Waals surface area contributed by atoms with Gasteiger partial charge in [0.2, 0.25) is 0 Å². The van der Waals surface area contributed by atoms with Crippen LogP contribution < -0.4 is 0 Å². The van der Waals surface area contributed by atoms with Gasteiger partial charge in [0, 0.05) is 44.2 Å². The van der Waals surface area contributed by atoms with Crippen LogP contribution in [-0.4, -0.2) is 15.9 Å². The Hall–Kier alpha value is -3.32. The molecule has 6 rings (SSSR count). The molecule has 4 aromatic rings. The number of hydrogen-bond acceptors (Lipinski definition) is 3. The Bertz CT molecular complexity index is 1600. The summed E-state index contributed by atoms with van der Waals surface area (Å²) in [6, 6.07) is 19.7. The molecule has 0 saturated heterocycles. The molecule has 0 amide bonds. The maximum atomic E-state index is 12.0. The molecule has 3 aromatic carbocycles. The van der Waals surface area contributed by atoms with Crippen LogP contribution in [0, 0.1) is 38.3 Å². The minimum Gasteiger partial charge on any atom is -0.512 e. The van der Waals surface area contributed by atoms with E-state index in [1.165, 1.54) is 44.1 Å². The van der Waals surface area contributed by atoms with Gasteiger partial charge >= 0.3 is 0 Å². The fourth-order valence-electron chi connectivity index (χ4n) is 6.51. The Morgan fingerprint density at radius 1 is 0.881 bits per heavy atom. The molecule has 1 N–H and O–H groups in total. The van der Waals surface area contributed by atoms with E-state index in [0.29, 0.717) is 11.4 Å². The summed E-state index contributed by atoms with van der Waals surface area (Å²) in [6.07, 6.45) is 14.8. The zero-order chi connectivity index (χ0) is 28.8. The number of aromatic nitrogens is 1. The number of pyridine rings is 1. The van der Waals surface area contributed by atoms with E-state index < -0.39 is 0 Å². The topological polar surface area (TPSA) is 54.5 Å². The molecule has 4 nitrogen and oxygen atoms in total. The summed E-state index contributed by atoms with van der Waals surface area (Å²) < 4.78 is 0. The maximum absolute atomic E-state index is 12.0. The molecule has 42 heavy (non-hydrogen) atoms. The van der Waals surface area contributed by atoms with Crippen molar-refractivity contribution in [1.82, 2.24) is 4.98 Å². The molecule has 1 heterocycles. The molecule has 0 spiro atoms. The van der Waals surface area contributed by atoms with E-state index in [2.05, 4.69) is 41.0 Å². The summed E-state index contributed by atoms with van der Waals surface area (Å²) >= 11 is 0. The largest absolute Gasteiger partial charge is 0.512 e. The third kappa shape index (κ3) is 7.35. The quantitative estimate of drug-likeness (QED) is 0.0983. The zero-order valence-corrected chi connectivity index (χ0v) is 27.0. The molecule has 2 aliphatic carbocycles. The predicted molar refractivity (Wildman–Crippen MR) is 168 cm³/mol. The van der Waals surface area contributed by atoms with Crippen molar-refractivity contribution in [3.05, 3.63) is 95.2 Å². The van der Waals surface area contributed by atoms with E-state index in [0.717, 1.165) is 64.0 Å². The van der Waals surface area contributed by atoms with Gasteiger partial charge in [-0.05, 0) is 59.0 Å². The Balaban J connectivity index is 0.000000200. The summed E-state index contributed by atoms with van der Waals surface area (Å²) in [5.74, 6) is 0.985. The molecular weight excluding hydrogens is 697 g/mol. The van der Waals surface area contributed by atoms with Gasteiger partial charge in [0.1, 0.15) is 0 Å². The Labute approximate surface area is 263 Å². The molecular formula is C37H39IrN2O2-. The van der Waals surface area contributed by atoms with Gasteiger partial charge in [-0.25, -0.2) is 4.85 Å². The number of carbonyl (C=O) groups excluding carboxylic acids is 1. The molecule has 0 atom stereocenters. The number of carbonyl (C=O) groups is 1. The molecule has 1 radical (unpaired) electrons. The van der Waals surface area contributed by atoms with Crippen LogP contribution in [0.15, 0.2) is 66.6 Å². The molecule has 2 aliphatic rings. The third-order valence-corrected chi connectivity index (χ3v) is 8.61. The second kappa shape index (κ2) is 14.7. The summed E-state index contributed by atoms with van der Waals surface area (Å²) in [4.78, 5) is 20.4. The van der Waals surface area contributed by atoms with E-state index in [1.54, 1.807) is 6.08 Å². The van der Waals surface area contributed by atoms with Crippen molar-refractivity contribution in [2.45, 2.75) is 78.1 Å². The van der Waals surface area contributed by atoms with Crippen molar-refractivity contribution in [1.29, 1.82) is 0 Å². The Kier molecular flexibility index (Phi) is 11.1. The number of allylic oxidation sites excluding steroid dienone is 2. The van der Waals surface area contributed by atoms with Crippen LogP contribution in [0.4, 0.5) is 5.69 Å². The van der Waals surface area contributed by atoms with E-state index >= 15 is 0 Å². The van der Waals surface area contributed by atoms with E-state index in [1.807, 2.05) is 43.5 Å². The van der Waals surface area contributed by atoms with Crippen LogP contribution in [-0.2, 0) is 24.9 Å². The van der Waals surface area contributed by atoms with Gasteiger partial charge in [-0.2, -0.15) is 0 Å². The molecule has 2 fully saturated rings. The van der Waals surface area contributed by atoms with Crippen LogP contribution in [0.2, 0.25) is 0 Å². The minimum absolute atomic E-state index is 0. The number of rotatable bonds is 4. The van der Waals surface area contributed by atoms with Crippen LogP contribution in [0.3, 0.4) is 0 Å². The van der Waals surface area contributed by atoms with Gasteiger partial charge in [0.15, 0.2) is 11.5 Å². The fraction of sp³-hybridized carbons (Fsp3) is 0.378. The van der Waals surface area contributed by atoms with Gasteiger partial charge < -0.3 is 10.1 Å². The van der Waals surface area contributed by atoms with Crippen LogP contribution in [0.1, 0.15) is 75.3 Å². The molecule has 219 valence electrons. The summed E-state index contributed by atoms with van der Waals surface area (Å²) in [7, 11) is 0. The number of fused-ring (bicyclic) bond motifs is 3. The van der Waals surface area contributed by atoms with Gasteiger partial charge in [-0.15, -0.1) is 34.9 Å². The number of aryl methyl sites for hydroxylation is 2. The van der Waals surface area contributed by atoms with Crippen molar-refractivity contribution in [3.63, 3.8) is 0 Å². The molecule has 2 saturated carbocycles. The van der Waals surface area contributed by atoms with Crippen molar-refractivity contribution in [2.75, 3.05) is 0 Å². The average Bonchev–Trinajstić information content (AvgIpc) is 3.01. The first-order valence-electron chi connectivity index (χ1n) is 15.1. The third-order valence-electron chi connectivity index (χ3n) is 8.61. The SMILES string of the molecule is O=C(/C=C(\O)C1CCCCC1)C1CCCCC1.[C-]#[N+]c1cc2c(-c3[c-]c(C)cc(C)c3)nccc2c2ccccc12.[Ir]. The molecule has 0 unspecified atom stereocenters. The van der Waals surface area contributed by atoms with Gasteiger partial charge in [-0.1, -0.05) is 82.7 Å². The first kappa shape index (κ1) is 31.6. The van der Waals surface area contributed by atoms with Gasteiger partial charge in [-0.3, -0.25) is 4.79 Å². The van der Waals surface area contributed by atoms with Gasteiger partial charge in [0.05, 0.1) is 12.3 Å². The number of aliphatic hydroxyl groups excluding tert-OH is 1. The number of benzene rings is 3. The Morgan fingerprint density at radius 3 is 2.14 bits per heavy atom. The van der Waals surface area contributed by atoms with E-state index in [-0.39, 0.29) is 37.7 Å². The predicted octanol–water partition coefficient (Wildman–Crippen LogP) is 10.2. The molecule has 0 aliphatic heterocycles. The van der Waals surface area contributed by atoms with Crippen molar-refractivity contribution < 1.29 is 30.0 Å². The van der Waals surface area contributed by atoms with Crippen LogP contribution in [0.5, 0.6) is 0 Å². The summed E-state index contributed by atoms with van der Waals surface area (Å²) in [5, 5.41) is 14.2. The average molecular weight is 736 g/mol. The van der Waals surface area contributed by atoms with Crippen molar-refractivity contribution >= 4 is 33.0 Å². The fourth-order valence-corrected chi connectivity index (χ4v) is 6.51. The van der Waals surface area contributed by atoms with E-state index in [4.69, 9.17) is 6.57 Å². The first-order valence-corrected chi connectivity index (χ1v) is 15.1. The number of nitrogens with zero attached hydrogens (tertiary/aromatic N) is 2. The van der Waals surface area contributed by atoms with Crippen molar-refractivity contribution in [2.24, 2.45) is 11.8 Å². The number of ketones is 1. The smallest absolute Gasteiger partial charge is 0.194 e. The maximum Gasteiger partial charge on any atom is 0.194 e. The van der Waals surface area contributed by atoms with Crippen LogP contribution in [0.25, 0.3) is 37.6 Å². The molecule has 5 heteroatoms. The molecule has 0 bridgehead atoms. The minimum atomic E-state index is 0. The molecule has 1 aromatic heterocycles. The standard InChI is InChI=1S/C22H15N2.C15H24O2.Ir/c1-14-10-15(2)12-16(11-14)22-20-13-21(23-3)19-7-5-4-6-17(19)18(20)8-9-24-22;16-14(12-7-3-1-4-8-12)11-15(17)13-9-5-2-6-10-13;/h4-11,13H,1-2H3;11-13,16H,1-10H2;/q-1;;/b;14-11-;. The summed E-state index contributed by atoms with van der Waals surface area (Å²) in [6.45, 7) is 11.7.